The molecule has 4 atom stereocenters. The van der Waals surface area contributed by atoms with Crippen LogP contribution in [-0.2, 0) is 4.43 Å². The Morgan fingerprint density at radius 2 is 1.80 bits per heavy atom. The molecule has 0 aliphatic heterocycles. The van der Waals surface area contributed by atoms with Crippen LogP contribution in [0, 0.1) is 5.92 Å². The van der Waals surface area contributed by atoms with Crippen molar-refractivity contribution in [3.8, 4) is 0 Å². The van der Waals surface area contributed by atoms with Crippen molar-refractivity contribution in [3.05, 3.63) is 0 Å². The third-order valence-electron chi connectivity index (χ3n) is 5.02. The Hall–Kier alpha value is 0.0969. The fraction of sp³-hybridized carbons (Fsp3) is 1.00. The molecule has 0 spiro atoms. The molecule has 0 heterocycles. The molecule has 0 bridgehead atoms. The second kappa shape index (κ2) is 9.18. The first-order chi connectivity index (χ1) is 9.50. The van der Waals surface area contributed by atoms with E-state index in [2.05, 4.69) is 13.5 Å². The van der Waals surface area contributed by atoms with Gasteiger partial charge in [-0.2, -0.15) is 0 Å². The third-order valence-corrected chi connectivity index (χ3v) is 8.77. The van der Waals surface area contributed by atoms with Gasteiger partial charge in [-0.25, -0.2) is 0 Å². The summed E-state index contributed by atoms with van der Waals surface area (Å²) in [6.45, 7) is 4.60. The van der Waals surface area contributed by atoms with Gasteiger partial charge in [-0.1, -0.05) is 39.0 Å². The highest BCUT2D eigenvalue weighted by Crippen LogP contribution is 2.32. The Kier molecular flexibility index (Phi) is 8.33. The van der Waals surface area contributed by atoms with E-state index >= 15 is 0 Å². The molecular formula is C16H34O3Si. The normalized spacial score (nSPS) is 30.1. The van der Waals surface area contributed by atoms with Crippen LogP contribution in [0.15, 0.2) is 0 Å². The Bertz CT molecular complexity index is 262. The van der Waals surface area contributed by atoms with Crippen LogP contribution in [0.2, 0.25) is 18.6 Å². The molecule has 4 unspecified atom stereocenters. The van der Waals surface area contributed by atoms with Crippen LogP contribution < -0.4 is 0 Å². The summed E-state index contributed by atoms with van der Waals surface area (Å²) < 4.78 is 5.88. The highest BCUT2D eigenvalue weighted by molar-refractivity contribution is 6.72. The summed E-state index contributed by atoms with van der Waals surface area (Å²) in [4.78, 5) is 0. The lowest BCUT2D eigenvalue weighted by Gasteiger charge is -2.32. The number of rotatable bonds is 9. The van der Waals surface area contributed by atoms with E-state index in [-0.39, 0.29) is 0 Å². The van der Waals surface area contributed by atoms with Crippen molar-refractivity contribution in [3.63, 3.8) is 0 Å². The van der Waals surface area contributed by atoms with Gasteiger partial charge < -0.3 is 14.6 Å². The summed E-state index contributed by atoms with van der Waals surface area (Å²) in [6, 6.07) is 2.46. The molecule has 2 N–H and O–H groups in total. The van der Waals surface area contributed by atoms with Crippen LogP contribution in [0.3, 0.4) is 0 Å². The first-order valence-corrected chi connectivity index (χ1v) is 11.2. The van der Waals surface area contributed by atoms with Gasteiger partial charge in [0.2, 0.25) is 0 Å². The summed E-state index contributed by atoms with van der Waals surface area (Å²) >= 11 is 0. The summed E-state index contributed by atoms with van der Waals surface area (Å²) in [7, 11) is 0.340. The lowest BCUT2D eigenvalue weighted by atomic mass is 9.84. The first-order valence-electron chi connectivity index (χ1n) is 8.42. The zero-order chi connectivity index (χ0) is 15.0. The van der Waals surface area contributed by atoms with Gasteiger partial charge in [0.05, 0.1) is 12.2 Å². The minimum absolute atomic E-state index is 0.494. The summed E-state index contributed by atoms with van der Waals surface area (Å²) in [5.41, 5.74) is 0. The maximum Gasteiger partial charge on any atom is 0.189 e. The van der Waals surface area contributed by atoms with Crippen molar-refractivity contribution >= 4 is 8.32 Å². The largest absolute Gasteiger partial charge is 0.420 e. The van der Waals surface area contributed by atoms with Crippen LogP contribution in [0.1, 0.15) is 58.3 Å². The Morgan fingerprint density at radius 1 is 1.05 bits per heavy atom. The lowest BCUT2D eigenvalue weighted by molar-refractivity contribution is -0.0259. The van der Waals surface area contributed by atoms with Crippen LogP contribution in [0.4, 0.5) is 0 Å². The predicted molar refractivity (Wildman–Crippen MR) is 86.4 cm³/mol. The molecule has 0 aromatic carbocycles. The van der Waals surface area contributed by atoms with Crippen LogP contribution >= 0.6 is 0 Å². The fourth-order valence-electron chi connectivity index (χ4n) is 3.24. The smallest absolute Gasteiger partial charge is 0.189 e. The summed E-state index contributed by atoms with van der Waals surface area (Å²) in [5, 5.41) is 19.3. The molecule has 20 heavy (non-hydrogen) atoms. The maximum atomic E-state index is 9.77. The molecule has 0 amide bonds. The SMILES string of the molecule is CCCCCC[Si](C)(CCC1CCC(O)C(O)C1)OC. The van der Waals surface area contributed by atoms with E-state index in [1.54, 1.807) is 0 Å². The van der Waals surface area contributed by atoms with Crippen LogP contribution in [0.5, 0.6) is 0 Å². The molecule has 0 saturated heterocycles. The highest BCUT2D eigenvalue weighted by atomic mass is 28.4. The maximum absolute atomic E-state index is 9.77. The molecule has 0 radical (unpaired) electrons. The molecule has 3 nitrogen and oxygen atoms in total. The number of unbranched alkanes of at least 4 members (excludes halogenated alkanes) is 3. The minimum atomic E-state index is -1.54. The van der Waals surface area contributed by atoms with E-state index in [1.807, 2.05) is 7.11 Å². The fourth-order valence-corrected chi connectivity index (χ4v) is 5.92. The van der Waals surface area contributed by atoms with E-state index in [0.717, 1.165) is 25.7 Å². The zero-order valence-electron chi connectivity index (χ0n) is 13.6. The standard InChI is InChI=1S/C16H34O3Si/c1-4-5-6-7-11-20(3,19-2)12-10-14-8-9-15(17)16(18)13-14/h14-18H,4-13H2,1-3H3. The molecule has 120 valence electrons. The molecule has 0 aromatic heterocycles. The molecule has 1 aliphatic rings. The van der Waals surface area contributed by atoms with E-state index in [4.69, 9.17) is 4.43 Å². The minimum Gasteiger partial charge on any atom is -0.420 e. The second-order valence-corrected chi connectivity index (χ2v) is 11.1. The number of hydrogen-bond acceptors (Lipinski definition) is 3. The molecule has 1 fully saturated rings. The Balaban J connectivity index is 2.28. The van der Waals surface area contributed by atoms with Gasteiger partial charge in [0.15, 0.2) is 8.32 Å². The quantitative estimate of drug-likeness (QED) is 0.504. The van der Waals surface area contributed by atoms with Gasteiger partial charge in [0, 0.05) is 7.11 Å². The number of aliphatic hydroxyl groups excluding tert-OH is 2. The molecule has 4 heteroatoms. The first kappa shape index (κ1) is 18.1. The van der Waals surface area contributed by atoms with Gasteiger partial charge >= 0.3 is 0 Å². The summed E-state index contributed by atoms with van der Waals surface area (Å²) in [6.07, 6.45) is 8.00. The highest BCUT2D eigenvalue weighted by Gasteiger charge is 2.31. The van der Waals surface area contributed by atoms with Crippen molar-refractivity contribution in [2.45, 2.75) is 89.1 Å². The van der Waals surface area contributed by atoms with Gasteiger partial charge in [-0.15, -0.1) is 0 Å². The van der Waals surface area contributed by atoms with Crippen molar-refractivity contribution in [2.75, 3.05) is 7.11 Å². The average Bonchev–Trinajstić information content (AvgIpc) is 2.45. The molecule has 0 aromatic rings. The van der Waals surface area contributed by atoms with Crippen molar-refractivity contribution in [1.29, 1.82) is 0 Å². The Labute approximate surface area is 125 Å². The molecule has 1 saturated carbocycles. The molecule has 1 aliphatic carbocycles. The number of hydrogen-bond donors (Lipinski definition) is 2. The molecule has 1 rings (SSSR count). The van der Waals surface area contributed by atoms with Crippen molar-refractivity contribution in [2.24, 2.45) is 5.92 Å². The molecular weight excluding hydrogens is 268 g/mol. The van der Waals surface area contributed by atoms with Gasteiger partial charge in [-0.3, -0.25) is 0 Å². The monoisotopic (exact) mass is 302 g/mol. The van der Waals surface area contributed by atoms with Crippen molar-refractivity contribution in [1.82, 2.24) is 0 Å². The van der Waals surface area contributed by atoms with E-state index < -0.39 is 20.5 Å². The Morgan fingerprint density at radius 3 is 2.40 bits per heavy atom. The topological polar surface area (TPSA) is 49.7 Å². The lowest BCUT2D eigenvalue weighted by Crippen LogP contribution is -2.36. The number of aliphatic hydroxyl groups is 2. The predicted octanol–water partition coefficient (Wildman–Crippen LogP) is 3.70. The average molecular weight is 303 g/mol. The van der Waals surface area contributed by atoms with E-state index in [9.17, 15) is 10.2 Å². The van der Waals surface area contributed by atoms with Crippen molar-refractivity contribution < 1.29 is 14.6 Å². The van der Waals surface area contributed by atoms with Crippen LogP contribution in [0.25, 0.3) is 0 Å². The van der Waals surface area contributed by atoms with E-state index in [0.29, 0.717) is 5.92 Å². The van der Waals surface area contributed by atoms with Gasteiger partial charge in [0.1, 0.15) is 0 Å². The third kappa shape index (κ3) is 6.25. The zero-order valence-corrected chi connectivity index (χ0v) is 14.6. The van der Waals surface area contributed by atoms with Gasteiger partial charge in [-0.05, 0) is 43.8 Å². The van der Waals surface area contributed by atoms with Crippen LogP contribution in [-0.4, -0.2) is 37.8 Å². The van der Waals surface area contributed by atoms with E-state index in [1.165, 1.54) is 37.8 Å². The second-order valence-electron chi connectivity index (χ2n) is 6.82. The summed E-state index contributed by atoms with van der Waals surface area (Å²) in [5.74, 6) is 0.575. The van der Waals surface area contributed by atoms with Gasteiger partial charge in [0.25, 0.3) is 0 Å².